The van der Waals surface area contributed by atoms with Gasteiger partial charge in [-0.3, -0.25) is 0 Å². The molecule has 17 heavy (non-hydrogen) atoms. The van der Waals surface area contributed by atoms with Crippen molar-refractivity contribution in [3.8, 4) is 0 Å². The minimum atomic E-state index is -0.848. The highest BCUT2D eigenvalue weighted by molar-refractivity contribution is 7.99. The lowest BCUT2D eigenvalue weighted by molar-refractivity contribution is 0.0697. The lowest BCUT2D eigenvalue weighted by Crippen LogP contribution is -2.30. The van der Waals surface area contributed by atoms with E-state index < -0.39 is 5.97 Å². The third-order valence-corrected chi connectivity index (χ3v) is 3.99. The normalized spacial score (nSPS) is 14.5. The van der Waals surface area contributed by atoms with E-state index in [1.807, 2.05) is 17.8 Å². The van der Waals surface area contributed by atoms with Crippen LogP contribution in [0.4, 0.5) is 5.69 Å². The van der Waals surface area contributed by atoms with Gasteiger partial charge in [0.15, 0.2) is 0 Å². The Hall–Kier alpha value is -1.16. The number of hydrogen-bond acceptors (Lipinski definition) is 3. The van der Waals surface area contributed by atoms with Gasteiger partial charge in [-0.2, -0.15) is 0 Å². The molecule has 92 valence electrons. The number of aromatic carboxylic acids is 1. The van der Waals surface area contributed by atoms with Crippen LogP contribution in [0.25, 0.3) is 0 Å². The van der Waals surface area contributed by atoms with Gasteiger partial charge < -0.3 is 10.0 Å². The van der Waals surface area contributed by atoms with E-state index in [-0.39, 0.29) is 0 Å². The third-order valence-electron chi connectivity index (χ3n) is 2.95. The highest BCUT2D eigenvalue weighted by atomic mass is 32.2. The van der Waals surface area contributed by atoms with E-state index in [1.54, 1.807) is 12.1 Å². The highest BCUT2D eigenvalue weighted by Gasteiger charge is 2.18. The SMILES string of the molecule is CCCCN1CCSc2ccc(C(=O)O)cc21. The first-order valence-electron chi connectivity index (χ1n) is 5.97. The average Bonchev–Trinajstić information content (AvgIpc) is 2.35. The number of nitrogens with zero attached hydrogens (tertiary/aromatic N) is 1. The van der Waals surface area contributed by atoms with Crippen LogP contribution in [0.1, 0.15) is 30.1 Å². The van der Waals surface area contributed by atoms with Crippen LogP contribution in [0, 0.1) is 0 Å². The second kappa shape index (κ2) is 5.45. The van der Waals surface area contributed by atoms with Crippen molar-refractivity contribution < 1.29 is 9.90 Å². The number of carbonyl (C=O) groups is 1. The van der Waals surface area contributed by atoms with Gasteiger partial charge in [0.25, 0.3) is 0 Å². The Labute approximate surface area is 106 Å². The van der Waals surface area contributed by atoms with Gasteiger partial charge in [-0.15, -0.1) is 11.8 Å². The van der Waals surface area contributed by atoms with Crippen molar-refractivity contribution in [1.82, 2.24) is 0 Å². The van der Waals surface area contributed by atoms with Crippen LogP contribution in [0.15, 0.2) is 23.1 Å². The van der Waals surface area contributed by atoms with Gasteiger partial charge in [-0.1, -0.05) is 13.3 Å². The molecule has 0 amide bonds. The lowest BCUT2D eigenvalue weighted by atomic mass is 10.1. The van der Waals surface area contributed by atoms with Crippen molar-refractivity contribution >= 4 is 23.4 Å². The molecule has 1 aliphatic rings. The van der Waals surface area contributed by atoms with E-state index in [0.717, 1.165) is 37.4 Å². The van der Waals surface area contributed by atoms with Gasteiger partial charge in [-0.05, 0) is 24.6 Å². The number of anilines is 1. The number of carboxylic acid groups (broad SMARTS) is 1. The minimum absolute atomic E-state index is 0.382. The highest BCUT2D eigenvalue weighted by Crippen LogP contribution is 2.35. The van der Waals surface area contributed by atoms with Crippen LogP contribution in [0.3, 0.4) is 0 Å². The molecule has 0 spiro atoms. The summed E-state index contributed by atoms with van der Waals surface area (Å²) in [7, 11) is 0. The quantitative estimate of drug-likeness (QED) is 0.892. The molecule has 1 aromatic carbocycles. The summed E-state index contributed by atoms with van der Waals surface area (Å²) in [6, 6.07) is 5.43. The van der Waals surface area contributed by atoms with Crippen molar-refractivity contribution in [2.75, 3.05) is 23.7 Å². The van der Waals surface area contributed by atoms with E-state index in [9.17, 15) is 4.79 Å². The van der Waals surface area contributed by atoms with Crippen LogP contribution in [0.2, 0.25) is 0 Å². The summed E-state index contributed by atoms with van der Waals surface area (Å²) in [5.41, 5.74) is 1.47. The van der Waals surface area contributed by atoms with Crippen LogP contribution in [-0.2, 0) is 0 Å². The summed E-state index contributed by atoms with van der Waals surface area (Å²) in [6.45, 7) is 4.21. The first-order chi connectivity index (χ1) is 8.22. The van der Waals surface area contributed by atoms with Crippen molar-refractivity contribution in [2.45, 2.75) is 24.7 Å². The summed E-state index contributed by atoms with van der Waals surface area (Å²) in [4.78, 5) is 14.5. The molecule has 0 fully saturated rings. The number of fused-ring (bicyclic) bond motifs is 1. The predicted octanol–water partition coefficient (Wildman–Crippen LogP) is 3.10. The molecule has 0 saturated carbocycles. The number of benzene rings is 1. The number of carboxylic acids is 1. The smallest absolute Gasteiger partial charge is 0.335 e. The van der Waals surface area contributed by atoms with Gasteiger partial charge in [0, 0.05) is 23.7 Å². The zero-order chi connectivity index (χ0) is 12.3. The molecule has 0 unspecified atom stereocenters. The first-order valence-corrected chi connectivity index (χ1v) is 6.96. The molecule has 0 bridgehead atoms. The Morgan fingerprint density at radius 1 is 1.53 bits per heavy atom. The van der Waals surface area contributed by atoms with Crippen molar-refractivity contribution in [3.63, 3.8) is 0 Å². The molecule has 1 aromatic rings. The van der Waals surface area contributed by atoms with Gasteiger partial charge in [0.2, 0.25) is 0 Å². The van der Waals surface area contributed by atoms with Crippen LogP contribution in [-0.4, -0.2) is 29.9 Å². The molecule has 0 aromatic heterocycles. The Morgan fingerprint density at radius 3 is 3.06 bits per heavy atom. The zero-order valence-electron chi connectivity index (χ0n) is 9.98. The summed E-state index contributed by atoms with van der Waals surface area (Å²) in [6.07, 6.45) is 2.32. The molecule has 1 heterocycles. The standard InChI is InChI=1S/C13H17NO2S/c1-2-3-6-14-7-8-17-12-5-4-10(13(15)16)9-11(12)14/h4-5,9H,2-3,6-8H2,1H3,(H,15,16). The monoisotopic (exact) mass is 251 g/mol. The molecule has 0 saturated heterocycles. The van der Waals surface area contributed by atoms with E-state index in [0.29, 0.717) is 5.56 Å². The maximum absolute atomic E-state index is 11.0. The van der Waals surface area contributed by atoms with Crippen molar-refractivity contribution in [1.29, 1.82) is 0 Å². The lowest BCUT2D eigenvalue weighted by Gasteiger charge is -2.31. The molecule has 2 rings (SSSR count). The molecule has 3 nitrogen and oxygen atoms in total. The summed E-state index contributed by atoms with van der Waals surface area (Å²) in [5.74, 6) is 0.238. The Morgan fingerprint density at radius 2 is 2.35 bits per heavy atom. The number of rotatable bonds is 4. The topological polar surface area (TPSA) is 40.5 Å². The molecule has 0 atom stereocenters. The Bertz CT molecular complexity index is 420. The fourth-order valence-electron chi connectivity index (χ4n) is 1.99. The average molecular weight is 251 g/mol. The van der Waals surface area contributed by atoms with E-state index >= 15 is 0 Å². The molecule has 4 heteroatoms. The first kappa shape index (κ1) is 12.3. The maximum Gasteiger partial charge on any atom is 0.335 e. The van der Waals surface area contributed by atoms with Gasteiger partial charge in [0.05, 0.1) is 11.3 Å². The summed E-state index contributed by atoms with van der Waals surface area (Å²) >= 11 is 1.81. The number of thioether (sulfide) groups is 1. The molecule has 1 N–H and O–H groups in total. The van der Waals surface area contributed by atoms with E-state index in [4.69, 9.17) is 5.11 Å². The zero-order valence-corrected chi connectivity index (χ0v) is 10.8. The van der Waals surface area contributed by atoms with Crippen molar-refractivity contribution in [2.24, 2.45) is 0 Å². The third kappa shape index (κ3) is 2.75. The molecular formula is C13H17NO2S. The van der Waals surface area contributed by atoms with Gasteiger partial charge in [-0.25, -0.2) is 4.79 Å². The van der Waals surface area contributed by atoms with Gasteiger partial charge in [0.1, 0.15) is 0 Å². The summed E-state index contributed by atoms with van der Waals surface area (Å²) in [5, 5.41) is 9.02. The maximum atomic E-state index is 11.0. The molecule has 0 radical (unpaired) electrons. The largest absolute Gasteiger partial charge is 0.478 e. The van der Waals surface area contributed by atoms with Crippen LogP contribution < -0.4 is 4.90 Å². The second-order valence-electron chi connectivity index (χ2n) is 4.18. The number of hydrogen-bond donors (Lipinski definition) is 1. The fourth-order valence-corrected chi connectivity index (χ4v) is 3.02. The fraction of sp³-hybridized carbons (Fsp3) is 0.462. The van der Waals surface area contributed by atoms with E-state index in [1.165, 1.54) is 4.90 Å². The van der Waals surface area contributed by atoms with E-state index in [2.05, 4.69) is 11.8 Å². The predicted molar refractivity (Wildman–Crippen MR) is 71.2 cm³/mol. The minimum Gasteiger partial charge on any atom is -0.478 e. The van der Waals surface area contributed by atoms with Crippen molar-refractivity contribution in [3.05, 3.63) is 23.8 Å². The Kier molecular flexibility index (Phi) is 3.94. The molecule has 0 aliphatic carbocycles. The molecular weight excluding hydrogens is 234 g/mol. The van der Waals surface area contributed by atoms with Crippen LogP contribution in [0.5, 0.6) is 0 Å². The van der Waals surface area contributed by atoms with Gasteiger partial charge >= 0.3 is 5.97 Å². The molecule has 1 aliphatic heterocycles. The Balaban J connectivity index is 2.27. The summed E-state index contributed by atoms with van der Waals surface area (Å²) < 4.78 is 0. The second-order valence-corrected chi connectivity index (χ2v) is 5.31. The number of unbranched alkanes of at least 4 members (excludes halogenated alkanes) is 1. The van der Waals surface area contributed by atoms with Crippen LogP contribution >= 0.6 is 11.8 Å².